The van der Waals surface area contributed by atoms with E-state index in [1.54, 1.807) is 42.9 Å². The number of nitrogens with one attached hydrogen (secondary N) is 2. The quantitative estimate of drug-likeness (QED) is 0.739. The second-order valence-electron chi connectivity index (χ2n) is 5.47. The number of carbonyl (C=O) groups is 3. The Hall–Kier alpha value is -2.58. The molecule has 1 aromatic carbocycles. The van der Waals surface area contributed by atoms with Gasteiger partial charge in [-0.05, 0) is 29.5 Å². The highest BCUT2D eigenvalue weighted by Crippen LogP contribution is 2.33. The molecule has 0 bridgehead atoms. The Morgan fingerprint density at radius 3 is 2.88 bits per heavy atom. The highest BCUT2D eigenvalue weighted by Gasteiger charge is 2.36. The van der Waals surface area contributed by atoms with Gasteiger partial charge in [-0.1, -0.05) is 29.8 Å². The number of nitrogens with zero attached hydrogens (tertiary/aromatic N) is 2. The molecule has 9 heteroatoms. The molecule has 0 atom stereocenters. The normalized spacial score (nSPS) is 15.7. The molecule has 1 fully saturated rings. The largest absolute Gasteiger partial charge is 0.354 e. The maximum atomic E-state index is 12.4. The van der Waals surface area contributed by atoms with E-state index in [9.17, 15) is 14.4 Å². The second kappa shape index (κ2) is 8.20. The maximum absolute atomic E-state index is 12.4. The third-order valence-corrected chi connectivity index (χ3v) is 4.89. The lowest BCUT2D eigenvalue weighted by Gasteiger charge is -2.12. The second-order valence-corrected chi connectivity index (χ2v) is 6.87. The van der Waals surface area contributed by atoms with E-state index in [-0.39, 0.29) is 11.4 Å². The molecule has 134 valence electrons. The number of halogens is 1. The molecule has 7 nitrogen and oxygen atoms in total. The zero-order chi connectivity index (χ0) is 18.5. The molecule has 2 N–H and O–H groups in total. The first-order chi connectivity index (χ1) is 12.5. The van der Waals surface area contributed by atoms with Gasteiger partial charge in [0.2, 0.25) is 5.91 Å². The monoisotopic (exact) mass is 390 g/mol. The van der Waals surface area contributed by atoms with Crippen LogP contribution in [0.2, 0.25) is 5.02 Å². The molecule has 1 aliphatic rings. The first kappa shape index (κ1) is 18.2. The maximum Gasteiger partial charge on any atom is 0.294 e. The van der Waals surface area contributed by atoms with Gasteiger partial charge in [-0.2, -0.15) is 0 Å². The van der Waals surface area contributed by atoms with E-state index in [0.29, 0.717) is 23.6 Å². The predicted octanol–water partition coefficient (Wildman–Crippen LogP) is 2.46. The Morgan fingerprint density at radius 2 is 2.15 bits per heavy atom. The van der Waals surface area contributed by atoms with E-state index in [4.69, 9.17) is 11.6 Å². The van der Waals surface area contributed by atoms with Crippen LogP contribution in [0.1, 0.15) is 11.3 Å². The van der Waals surface area contributed by atoms with Crippen LogP contribution in [0.3, 0.4) is 0 Å². The summed E-state index contributed by atoms with van der Waals surface area (Å²) in [4.78, 5) is 44.5. The van der Waals surface area contributed by atoms with E-state index in [1.165, 1.54) is 0 Å². The van der Waals surface area contributed by atoms with Crippen LogP contribution in [0.25, 0.3) is 6.08 Å². The van der Waals surface area contributed by atoms with Gasteiger partial charge < -0.3 is 10.3 Å². The van der Waals surface area contributed by atoms with Crippen LogP contribution >= 0.6 is 23.4 Å². The summed E-state index contributed by atoms with van der Waals surface area (Å²) < 4.78 is 0. The van der Waals surface area contributed by atoms with Gasteiger partial charge in [0.25, 0.3) is 11.1 Å². The Labute approximate surface area is 158 Å². The Balaban J connectivity index is 1.58. The minimum Gasteiger partial charge on any atom is -0.354 e. The molecule has 0 aliphatic carbocycles. The third-order valence-electron chi connectivity index (χ3n) is 3.64. The van der Waals surface area contributed by atoms with Crippen LogP contribution in [0, 0.1) is 0 Å². The van der Waals surface area contributed by atoms with E-state index in [2.05, 4.69) is 15.3 Å². The zero-order valence-electron chi connectivity index (χ0n) is 13.6. The van der Waals surface area contributed by atoms with Gasteiger partial charge in [-0.15, -0.1) is 0 Å². The topological polar surface area (TPSA) is 95.2 Å². The molecule has 0 radical (unpaired) electrons. The van der Waals surface area contributed by atoms with Gasteiger partial charge >= 0.3 is 0 Å². The summed E-state index contributed by atoms with van der Waals surface area (Å²) in [6.45, 7) is 0.0697. The van der Waals surface area contributed by atoms with Crippen molar-refractivity contribution in [1.82, 2.24) is 20.2 Å². The van der Waals surface area contributed by atoms with Crippen molar-refractivity contribution >= 4 is 46.5 Å². The van der Waals surface area contributed by atoms with Gasteiger partial charge in [0.05, 0.1) is 11.2 Å². The van der Waals surface area contributed by atoms with Gasteiger partial charge in [-0.3, -0.25) is 19.3 Å². The van der Waals surface area contributed by atoms with Crippen molar-refractivity contribution in [2.45, 2.75) is 6.42 Å². The highest BCUT2D eigenvalue weighted by molar-refractivity contribution is 8.18. The molecule has 0 unspecified atom stereocenters. The van der Waals surface area contributed by atoms with Crippen molar-refractivity contribution in [3.63, 3.8) is 0 Å². The number of hydrogen-bond acceptors (Lipinski definition) is 5. The number of aromatic nitrogens is 2. The van der Waals surface area contributed by atoms with E-state index in [1.807, 2.05) is 0 Å². The van der Waals surface area contributed by atoms with Crippen molar-refractivity contribution < 1.29 is 14.4 Å². The van der Waals surface area contributed by atoms with Crippen molar-refractivity contribution in [2.24, 2.45) is 0 Å². The van der Waals surface area contributed by atoms with Crippen LogP contribution in [0.15, 0.2) is 41.7 Å². The molecule has 1 aromatic heterocycles. The standard InChI is InChI=1S/C17H15ClN4O3S/c18-13-4-2-1-3-11(13)7-14-16(24)22(17(25)26-14)9-15(23)20-6-5-12-8-19-10-21-12/h1-4,7-8,10H,5-6,9H2,(H,19,21)(H,20,23). The van der Waals surface area contributed by atoms with Crippen LogP contribution in [0.4, 0.5) is 4.79 Å². The fourth-order valence-electron chi connectivity index (χ4n) is 2.33. The SMILES string of the molecule is O=C(CN1C(=O)SC(=Cc2ccccc2Cl)C1=O)NCCc1cnc[nH]1. The third kappa shape index (κ3) is 4.33. The summed E-state index contributed by atoms with van der Waals surface area (Å²) in [6.07, 6.45) is 5.37. The fraction of sp³-hybridized carbons (Fsp3) is 0.176. The summed E-state index contributed by atoms with van der Waals surface area (Å²) in [5.41, 5.74) is 1.53. The lowest BCUT2D eigenvalue weighted by atomic mass is 10.2. The summed E-state index contributed by atoms with van der Waals surface area (Å²) in [5.74, 6) is -0.894. The van der Waals surface area contributed by atoms with E-state index in [0.717, 1.165) is 22.4 Å². The lowest BCUT2D eigenvalue weighted by molar-refractivity contribution is -0.129. The first-order valence-corrected chi connectivity index (χ1v) is 8.98. The Morgan fingerprint density at radius 1 is 1.35 bits per heavy atom. The van der Waals surface area contributed by atoms with Crippen molar-refractivity contribution in [3.8, 4) is 0 Å². The highest BCUT2D eigenvalue weighted by atomic mass is 35.5. The molecular weight excluding hydrogens is 376 g/mol. The molecule has 26 heavy (non-hydrogen) atoms. The fourth-order valence-corrected chi connectivity index (χ4v) is 3.35. The number of imidazole rings is 1. The molecular formula is C17H15ClN4O3S. The number of aromatic amines is 1. The van der Waals surface area contributed by atoms with Crippen molar-refractivity contribution in [1.29, 1.82) is 0 Å². The van der Waals surface area contributed by atoms with Gasteiger partial charge in [-0.25, -0.2) is 4.98 Å². The number of carbonyl (C=O) groups excluding carboxylic acids is 3. The van der Waals surface area contributed by atoms with Crippen LogP contribution in [-0.4, -0.2) is 45.0 Å². The molecule has 3 amide bonds. The molecule has 1 aliphatic heterocycles. The Kier molecular flexibility index (Phi) is 5.75. The molecule has 2 aromatic rings. The summed E-state index contributed by atoms with van der Waals surface area (Å²) >= 11 is 6.87. The summed E-state index contributed by atoms with van der Waals surface area (Å²) in [5, 5.41) is 2.69. The van der Waals surface area contributed by atoms with Crippen LogP contribution in [0.5, 0.6) is 0 Å². The zero-order valence-corrected chi connectivity index (χ0v) is 15.1. The average Bonchev–Trinajstić information content (AvgIpc) is 3.21. The number of amides is 3. The van der Waals surface area contributed by atoms with Gasteiger partial charge in [0.15, 0.2) is 0 Å². The number of hydrogen-bond donors (Lipinski definition) is 2. The van der Waals surface area contributed by atoms with E-state index < -0.39 is 17.1 Å². The molecule has 3 rings (SSSR count). The summed E-state index contributed by atoms with van der Waals surface area (Å²) in [7, 11) is 0. The molecule has 0 spiro atoms. The minimum absolute atomic E-state index is 0.244. The first-order valence-electron chi connectivity index (χ1n) is 7.78. The average molecular weight is 391 g/mol. The number of benzene rings is 1. The lowest BCUT2D eigenvalue weighted by Crippen LogP contribution is -2.40. The number of thioether (sulfide) groups is 1. The van der Waals surface area contributed by atoms with Crippen LogP contribution in [-0.2, 0) is 16.0 Å². The van der Waals surface area contributed by atoms with E-state index >= 15 is 0 Å². The predicted molar refractivity (Wildman–Crippen MR) is 99.4 cm³/mol. The van der Waals surface area contributed by atoms with Crippen LogP contribution < -0.4 is 5.32 Å². The van der Waals surface area contributed by atoms with Crippen molar-refractivity contribution in [2.75, 3.05) is 13.1 Å². The number of imide groups is 1. The Bertz CT molecular complexity index is 867. The molecule has 0 saturated carbocycles. The van der Waals surface area contributed by atoms with Crippen molar-refractivity contribution in [3.05, 3.63) is 58.0 Å². The molecule has 2 heterocycles. The molecule has 1 saturated heterocycles. The summed E-state index contributed by atoms with van der Waals surface area (Å²) in [6, 6.07) is 7.01. The number of rotatable bonds is 6. The smallest absolute Gasteiger partial charge is 0.294 e. The minimum atomic E-state index is -0.497. The van der Waals surface area contributed by atoms with Gasteiger partial charge in [0, 0.05) is 29.9 Å². The van der Waals surface area contributed by atoms with Gasteiger partial charge in [0.1, 0.15) is 6.54 Å². The number of H-pyrrole nitrogens is 1.